The summed E-state index contributed by atoms with van der Waals surface area (Å²) in [6.07, 6.45) is 5.13. The second kappa shape index (κ2) is 4.86. The molecule has 3 heteroatoms. The third-order valence-electron chi connectivity index (χ3n) is 3.22. The lowest BCUT2D eigenvalue weighted by molar-refractivity contribution is 0.444. The van der Waals surface area contributed by atoms with Gasteiger partial charge in [-0.1, -0.05) is 40.4 Å². The molecule has 0 radical (unpaired) electrons. The van der Waals surface area contributed by atoms with Crippen LogP contribution in [0.4, 0.5) is 0 Å². The highest BCUT2D eigenvalue weighted by Crippen LogP contribution is 2.37. The largest absolute Gasteiger partial charge is 0.324 e. The van der Waals surface area contributed by atoms with E-state index in [-0.39, 0.29) is 6.04 Å². The Labute approximate surface area is 104 Å². The van der Waals surface area contributed by atoms with E-state index in [1.54, 1.807) is 0 Å². The lowest BCUT2D eigenvalue weighted by atomic mass is 9.92. The summed E-state index contributed by atoms with van der Waals surface area (Å²) in [6.45, 7) is 0. The summed E-state index contributed by atoms with van der Waals surface area (Å²) in [7, 11) is 0. The van der Waals surface area contributed by atoms with Gasteiger partial charge in [-0.2, -0.15) is 0 Å². The van der Waals surface area contributed by atoms with Gasteiger partial charge in [0, 0.05) is 15.5 Å². The average Bonchev–Trinajstić information content (AvgIpc) is 2.74. The predicted molar refractivity (Wildman–Crippen MR) is 68.0 cm³/mol. The van der Waals surface area contributed by atoms with Crippen LogP contribution in [0.5, 0.6) is 0 Å². The third kappa shape index (κ3) is 2.55. The van der Waals surface area contributed by atoms with Gasteiger partial charge in [-0.05, 0) is 42.5 Å². The fraction of sp³-hybridized carbons (Fsp3) is 0.500. The lowest BCUT2D eigenvalue weighted by Gasteiger charge is -2.20. The van der Waals surface area contributed by atoms with Gasteiger partial charge in [-0.25, -0.2) is 0 Å². The van der Waals surface area contributed by atoms with Crippen molar-refractivity contribution in [3.05, 3.63) is 33.3 Å². The van der Waals surface area contributed by atoms with Crippen LogP contribution in [0.3, 0.4) is 0 Å². The van der Waals surface area contributed by atoms with Crippen molar-refractivity contribution >= 4 is 27.5 Å². The number of hydrogen-bond acceptors (Lipinski definition) is 1. The molecule has 1 aliphatic rings. The van der Waals surface area contributed by atoms with E-state index >= 15 is 0 Å². The number of hydrogen-bond donors (Lipinski definition) is 1. The standard InChI is InChI=1S/C12H15BrClN/c13-11-6-5-9(14)7-10(11)12(15)8-3-1-2-4-8/h5-8,12H,1-4,15H2/t12-/m0/s1. The Kier molecular flexibility index (Phi) is 3.70. The van der Waals surface area contributed by atoms with Crippen molar-refractivity contribution in [1.82, 2.24) is 0 Å². The summed E-state index contributed by atoms with van der Waals surface area (Å²) < 4.78 is 1.08. The molecular weight excluding hydrogens is 273 g/mol. The summed E-state index contributed by atoms with van der Waals surface area (Å²) in [5.41, 5.74) is 7.43. The second-order valence-corrected chi connectivity index (χ2v) is 5.53. The van der Waals surface area contributed by atoms with E-state index in [4.69, 9.17) is 17.3 Å². The highest BCUT2D eigenvalue weighted by Gasteiger charge is 2.24. The number of nitrogens with two attached hydrogens (primary N) is 1. The monoisotopic (exact) mass is 287 g/mol. The molecule has 1 nitrogen and oxygen atoms in total. The van der Waals surface area contributed by atoms with Crippen molar-refractivity contribution in [2.75, 3.05) is 0 Å². The van der Waals surface area contributed by atoms with Crippen LogP contribution in [-0.2, 0) is 0 Å². The molecule has 1 aromatic carbocycles. The minimum absolute atomic E-state index is 0.126. The molecule has 1 atom stereocenters. The Morgan fingerprint density at radius 2 is 2.00 bits per heavy atom. The quantitative estimate of drug-likeness (QED) is 0.863. The normalized spacial score (nSPS) is 19.4. The van der Waals surface area contributed by atoms with Crippen LogP contribution in [-0.4, -0.2) is 0 Å². The fourth-order valence-electron chi connectivity index (χ4n) is 2.34. The van der Waals surface area contributed by atoms with Crippen molar-refractivity contribution in [3.8, 4) is 0 Å². The maximum absolute atomic E-state index is 6.28. The molecule has 2 rings (SSSR count). The minimum Gasteiger partial charge on any atom is -0.324 e. The van der Waals surface area contributed by atoms with Crippen LogP contribution in [0, 0.1) is 5.92 Å². The van der Waals surface area contributed by atoms with E-state index in [0.29, 0.717) is 5.92 Å². The second-order valence-electron chi connectivity index (χ2n) is 4.24. The molecule has 0 saturated heterocycles. The Hall–Kier alpha value is -0.0500. The Balaban J connectivity index is 2.23. The van der Waals surface area contributed by atoms with Gasteiger partial charge in [0.25, 0.3) is 0 Å². The third-order valence-corrected chi connectivity index (χ3v) is 4.18. The molecule has 0 spiro atoms. The molecule has 82 valence electrons. The van der Waals surface area contributed by atoms with E-state index in [1.165, 1.54) is 25.7 Å². The van der Waals surface area contributed by atoms with Gasteiger partial charge in [-0.3, -0.25) is 0 Å². The van der Waals surface area contributed by atoms with E-state index < -0.39 is 0 Å². The summed E-state index contributed by atoms with van der Waals surface area (Å²) in [4.78, 5) is 0. The molecule has 15 heavy (non-hydrogen) atoms. The fourth-order valence-corrected chi connectivity index (χ4v) is 3.03. The maximum atomic E-state index is 6.28. The van der Waals surface area contributed by atoms with E-state index in [1.807, 2.05) is 18.2 Å². The molecule has 0 unspecified atom stereocenters. The molecule has 0 aliphatic heterocycles. The first kappa shape index (κ1) is 11.4. The van der Waals surface area contributed by atoms with Gasteiger partial charge in [0.05, 0.1) is 0 Å². The van der Waals surface area contributed by atoms with Crippen LogP contribution in [0.25, 0.3) is 0 Å². The first-order chi connectivity index (χ1) is 7.18. The predicted octanol–water partition coefficient (Wildman–Crippen LogP) is 4.29. The number of benzene rings is 1. The smallest absolute Gasteiger partial charge is 0.0410 e. The van der Waals surface area contributed by atoms with E-state index in [9.17, 15) is 0 Å². The number of rotatable bonds is 2. The van der Waals surface area contributed by atoms with Crippen LogP contribution < -0.4 is 5.73 Å². The van der Waals surface area contributed by atoms with E-state index in [2.05, 4.69) is 15.9 Å². The summed E-state index contributed by atoms with van der Waals surface area (Å²) in [6, 6.07) is 5.97. The van der Waals surface area contributed by atoms with Crippen LogP contribution in [0.1, 0.15) is 37.3 Å². The first-order valence-electron chi connectivity index (χ1n) is 5.39. The number of halogens is 2. The zero-order valence-corrected chi connectivity index (χ0v) is 10.9. The molecule has 0 heterocycles. The Morgan fingerprint density at radius 3 is 2.67 bits per heavy atom. The van der Waals surface area contributed by atoms with Crippen LogP contribution in [0.15, 0.2) is 22.7 Å². The highest BCUT2D eigenvalue weighted by atomic mass is 79.9. The molecule has 1 saturated carbocycles. The molecule has 2 N–H and O–H groups in total. The SMILES string of the molecule is N[C@H](c1cc(Cl)ccc1Br)C1CCCC1. The van der Waals surface area contributed by atoms with Crippen LogP contribution in [0.2, 0.25) is 5.02 Å². The topological polar surface area (TPSA) is 26.0 Å². The molecule has 0 amide bonds. The summed E-state index contributed by atoms with van der Waals surface area (Å²) >= 11 is 9.53. The summed E-state index contributed by atoms with van der Waals surface area (Å²) in [5, 5.41) is 0.765. The Bertz CT molecular complexity index is 347. The summed E-state index contributed by atoms with van der Waals surface area (Å²) in [5.74, 6) is 0.625. The minimum atomic E-state index is 0.126. The molecule has 0 bridgehead atoms. The maximum Gasteiger partial charge on any atom is 0.0410 e. The van der Waals surface area contributed by atoms with Gasteiger partial charge < -0.3 is 5.73 Å². The molecule has 1 aromatic rings. The van der Waals surface area contributed by atoms with Gasteiger partial charge in [0.1, 0.15) is 0 Å². The van der Waals surface area contributed by atoms with Crippen LogP contribution >= 0.6 is 27.5 Å². The zero-order valence-electron chi connectivity index (χ0n) is 8.55. The van der Waals surface area contributed by atoms with E-state index in [0.717, 1.165) is 15.1 Å². The van der Waals surface area contributed by atoms with Gasteiger partial charge in [-0.15, -0.1) is 0 Å². The van der Waals surface area contributed by atoms with Crippen molar-refractivity contribution in [1.29, 1.82) is 0 Å². The van der Waals surface area contributed by atoms with Gasteiger partial charge in [0.15, 0.2) is 0 Å². The van der Waals surface area contributed by atoms with Crippen molar-refractivity contribution in [2.24, 2.45) is 11.7 Å². The lowest BCUT2D eigenvalue weighted by Crippen LogP contribution is -2.19. The van der Waals surface area contributed by atoms with Crippen molar-refractivity contribution in [2.45, 2.75) is 31.7 Å². The van der Waals surface area contributed by atoms with Crippen molar-refractivity contribution in [3.63, 3.8) is 0 Å². The first-order valence-corrected chi connectivity index (χ1v) is 6.56. The molecule has 0 aromatic heterocycles. The highest BCUT2D eigenvalue weighted by molar-refractivity contribution is 9.10. The van der Waals surface area contributed by atoms with Gasteiger partial charge in [0.2, 0.25) is 0 Å². The average molecular weight is 289 g/mol. The van der Waals surface area contributed by atoms with Gasteiger partial charge >= 0.3 is 0 Å². The molecular formula is C12H15BrClN. The zero-order chi connectivity index (χ0) is 10.8. The molecule has 1 fully saturated rings. The Morgan fingerprint density at radius 1 is 1.33 bits per heavy atom. The van der Waals surface area contributed by atoms with Crippen molar-refractivity contribution < 1.29 is 0 Å². The molecule has 1 aliphatic carbocycles.